The number of hydrogen-bond donors (Lipinski definition) is 4. The van der Waals surface area contributed by atoms with Crippen LogP contribution in [0.15, 0.2) is 48.5 Å². The number of halogens is 2. The summed E-state index contributed by atoms with van der Waals surface area (Å²) in [7, 11) is 0. The van der Waals surface area contributed by atoms with Gasteiger partial charge in [-0.15, -0.1) is 0 Å². The van der Waals surface area contributed by atoms with Crippen molar-refractivity contribution in [1.82, 2.24) is 15.5 Å². The van der Waals surface area contributed by atoms with Crippen LogP contribution < -0.4 is 11.1 Å². The van der Waals surface area contributed by atoms with Gasteiger partial charge in [-0.3, -0.25) is 19.5 Å². The van der Waals surface area contributed by atoms with Crippen LogP contribution in [0.25, 0.3) is 11.1 Å². The maximum absolute atomic E-state index is 14.1. The molecule has 0 unspecified atom stereocenters. The number of carboxylic acids is 1. The zero-order chi connectivity index (χ0) is 24.1. The highest BCUT2D eigenvalue weighted by atomic mass is 35.5. The van der Waals surface area contributed by atoms with E-state index in [4.69, 9.17) is 17.3 Å². The maximum atomic E-state index is 14.1. The molecule has 0 aliphatic carbocycles. The molecule has 0 saturated carbocycles. The van der Waals surface area contributed by atoms with Gasteiger partial charge < -0.3 is 16.2 Å². The van der Waals surface area contributed by atoms with Gasteiger partial charge in [-0.2, -0.15) is 5.10 Å². The number of H-pyrrole nitrogens is 1. The third-order valence-electron chi connectivity index (χ3n) is 5.05. The summed E-state index contributed by atoms with van der Waals surface area (Å²) in [6.45, 7) is 1.32. The minimum Gasteiger partial charge on any atom is -0.480 e. The van der Waals surface area contributed by atoms with Gasteiger partial charge in [-0.25, -0.2) is 4.39 Å². The standard InChI is InChI=1S/C23H22ClFN4O4/c1-12(30)20-11-21(29-28-20)22(31)27-16(10-19(26)23(32)33)8-13-2-4-14(5-3-13)17-9-15(24)6-7-18(17)25/h2-7,9,11,16,19H,8,10,26H2,1H3,(H,27,31)(H,28,29)(H,32,33)/t16-,19-/m1/s1. The summed E-state index contributed by atoms with van der Waals surface area (Å²) in [6.07, 6.45) is 0.248. The van der Waals surface area contributed by atoms with Gasteiger partial charge in [0.25, 0.3) is 5.91 Å². The molecule has 0 fully saturated rings. The monoisotopic (exact) mass is 472 g/mol. The number of nitrogens with zero attached hydrogens (tertiary/aromatic N) is 1. The molecule has 33 heavy (non-hydrogen) atoms. The fourth-order valence-corrected chi connectivity index (χ4v) is 3.48. The van der Waals surface area contributed by atoms with E-state index in [0.717, 1.165) is 5.56 Å². The Morgan fingerprint density at radius 3 is 2.48 bits per heavy atom. The Kier molecular flexibility index (Phi) is 7.57. The number of amides is 1. The van der Waals surface area contributed by atoms with Gasteiger partial charge in [0, 0.05) is 23.6 Å². The molecule has 2 atom stereocenters. The van der Waals surface area contributed by atoms with Crippen LogP contribution >= 0.6 is 11.6 Å². The van der Waals surface area contributed by atoms with E-state index in [1.807, 2.05) is 0 Å². The van der Waals surface area contributed by atoms with Crippen LogP contribution in [0.3, 0.4) is 0 Å². The third-order valence-corrected chi connectivity index (χ3v) is 5.28. The number of aromatic nitrogens is 2. The average molecular weight is 473 g/mol. The molecule has 3 aromatic rings. The highest BCUT2D eigenvalue weighted by Gasteiger charge is 2.23. The Morgan fingerprint density at radius 1 is 1.18 bits per heavy atom. The number of aliphatic carboxylic acids is 1. The largest absolute Gasteiger partial charge is 0.480 e. The average Bonchev–Trinajstić information content (AvgIpc) is 3.27. The lowest BCUT2D eigenvalue weighted by Crippen LogP contribution is -2.43. The summed E-state index contributed by atoms with van der Waals surface area (Å²) < 4.78 is 14.1. The highest BCUT2D eigenvalue weighted by molar-refractivity contribution is 6.30. The molecule has 8 nitrogen and oxygen atoms in total. The minimum atomic E-state index is -1.19. The quantitative estimate of drug-likeness (QED) is 0.353. The molecule has 172 valence electrons. The summed E-state index contributed by atoms with van der Waals surface area (Å²) in [5, 5.41) is 18.6. The molecule has 5 N–H and O–H groups in total. The number of hydrogen-bond acceptors (Lipinski definition) is 5. The van der Waals surface area contributed by atoms with E-state index in [0.29, 0.717) is 16.1 Å². The fourth-order valence-electron chi connectivity index (χ4n) is 3.31. The van der Waals surface area contributed by atoms with Crippen molar-refractivity contribution in [1.29, 1.82) is 0 Å². The zero-order valence-corrected chi connectivity index (χ0v) is 18.4. The predicted octanol–water partition coefficient (Wildman–Crippen LogP) is 3.21. The Balaban J connectivity index is 1.77. The van der Waals surface area contributed by atoms with E-state index in [-0.39, 0.29) is 30.0 Å². The van der Waals surface area contributed by atoms with Crippen molar-refractivity contribution in [3.8, 4) is 11.1 Å². The number of rotatable bonds is 9. The van der Waals surface area contributed by atoms with Crippen molar-refractivity contribution in [3.05, 3.63) is 76.3 Å². The second-order valence-electron chi connectivity index (χ2n) is 7.60. The van der Waals surface area contributed by atoms with Crippen molar-refractivity contribution in [3.63, 3.8) is 0 Å². The number of ketones is 1. The SMILES string of the molecule is CC(=O)c1cc(C(=O)N[C@H](Cc2ccc(-c3cc(Cl)ccc3F)cc2)C[C@@H](N)C(=O)O)[nH]n1. The summed E-state index contributed by atoms with van der Waals surface area (Å²) >= 11 is 5.97. The second-order valence-corrected chi connectivity index (χ2v) is 8.04. The molecule has 0 saturated heterocycles. The molecule has 0 bridgehead atoms. The second kappa shape index (κ2) is 10.4. The molecule has 0 aliphatic heterocycles. The van der Waals surface area contributed by atoms with Crippen LogP contribution in [-0.2, 0) is 11.2 Å². The molecule has 3 rings (SSSR count). The fraction of sp³-hybridized carbons (Fsp3) is 0.217. The molecule has 1 heterocycles. The van der Waals surface area contributed by atoms with Crippen molar-refractivity contribution < 1.29 is 23.9 Å². The summed E-state index contributed by atoms with van der Waals surface area (Å²) in [5.74, 6) is -2.45. The lowest BCUT2D eigenvalue weighted by molar-refractivity contribution is -0.138. The normalized spacial score (nSPS) is 12.7. The zero-order valence-electron chi connectivity index (χ0n) is 17.6. The molecule has 1 aromatic heterocycles. The number of benzene rings is 2. The Bertz CT molecular complexity index is 1180. The first kappa shape index (κ1) is 24.1. The molecule has 0 aliphatic rings. The van der Waals surface area contributed by atoms with Gasteiger partial charge in [-0.05, 0) is 48.2 Å². The van der Waals surface area contributed by atoms with Crippen molar-refractivity contribution in [2.75, 3.05) is 0 Å². The molecular weight excluding hydrogens is 451 g/mol. The van der Waals surface area contributed by atoms with Crippen molar-refractivity contribution >= 4 is 29.3 Å². The lowest BCUT2D eigenvalue weighted by atomic mass is 9.97. The van der Waals surface area contributed by atoms with Crippen LogP contribution in [0, 0.1) is 5.82 Å². The topological polar surface area (TPSA) is 138 Å². The molecule has 2 aromatic carbocycles. The van der Waals surface area contributed by atoms with Gasteiger partial charge in [0.1, 0.15) is 23.2 Å². The first-order valence-electron chi connectivity index (χ1n) is 10.0. The Morgan fingerprint density at radius 2 is 1.88 bits per heavy atom. The first-order chi connectivity index (χ1) is 15.6. The first-order valence-corrected chi connectivity index (χ1v) is 10.4. The number of nitrogens with two attached hydrogens (primary N) is 1. The summed E-state index contributed by atoms with van der Waals surface area (Å²) in [5.41, 5.74) is 7.63. The smallest absolute Gasteiger partial charge is 0.320 e. The minimum absolute atomic E-state index is 0.0283. The number of aromatic amines is 1. The van der Waals surface area contributed by atoms with Crippen LogP contribution in [0.2, 0.25) is 5.02 Å². The van der Waals surface area contributed by atoms with Crippen LogP contribution in [0.5, 0.6) is 0 Å². The number of nitrogens with one attached hydrogen (secondary N) is 2. The van der Waals surface area contributed by atoms with E-state index in [9.17, 15) is 23.9 Å². The van der Waals surface area contributed by atoms with E-state index in [1.165, 1.54) is 31.2 Å². The van der Waals surface area contributed by atoms with Gasteiger partial charge in [0.2, 0.25) is 0 Å². The summed E-state index contributed by atoms with van der Waals surface area (Å²) in [4.78, 5) is 35.3. The highest BCUT2D eigenvalue weighted by Crippen LogP contribution is 2.26. The van der Waals surface area contributed by atoms with Crippen molar-refractivity contribution in [2.45, 2.75) is 31.8 Å². The molecular formula is C23H22ClFN4O4. The lowest BCUT2D eigenvalue weighted by Gasteiger charge is -2.20. The molecule has 10 heteroatoms. The number of carbonyl (C=O) groups is 3. The Hall–Kier alpha value is -3.56. The van der Waals surface area contributed by atoms with E-state index in [1.54, 1.807) is 24.3 Å². The number of carbonyl (C=O) groups excluding carboxylic acids is 2. The van der Waals surface area contributed by atoms with Crippen molar-refractivity contribution in [2.24, 2.45) is 5.73 Å². The molecule has 0 spiro atoms. The van der Waals surface area contributed by atoms with E-state index < -0.39 is 29.8 Å². The Labute approximate surface area is 193 Å². The third kappa shape index (κ3) is 6.24. The molecule has 1 amide bonds. The van der Waals surface area contributed by atoms with Crippen LogP contribution in [-0.4, -0.2) is 45.0 Å². The van der Waals surface area contributed by atoms with Gasteiger partial charge >= 0.3 is 5.97 Å². The van der Waals surface area contributed by atoms with E-state index in [2.05, 4.69) is 15.5 Å². The number of Topliss-reactive ketones (excluding diaryl/α,β-unsaturated/α-hetero) is 1. The van der Waals surface area contributed by atoms with Gasteiger partial charge in [0.05, 0.1) is 0 Å². The predicted molar refractivity (Wildman–Crippen MR) is 121 cm³/mol. The van der Waals surface area contributed by atoms with E-state index >= 15 is 0 Å². The van der Waals surface area contributed by atoms with Gasteiger partial charge in [-0.1, -0.05) is 35.9 Å². The van der Waals surface area contributed by atoms with Gasteiger partial charge in [0.15, 0.2) is 5.78 Å². The van der Waals surface area contributed by atoms with Crippen LogP contribution in [0.4, 0.5) is 4.39 Å². The molecule has 0 radical (unpaired) electrons. The summed E-state index contributed by atoms with van der Waals surface area (Å²) in [6, 6.07) is 10.7. The maximum Gasteiger partial charge on any atom is 0.320 e. The van der Waals surface area contributed by atoms with Crippen LogP contribution in [0.1, 0.15) is 39.9 Å². The number of carboxylic acid groups (broad SMARTS) is 1.